The van der Waals surface area contributed by atoms with Gasteiger partial charge < -0.3 is 9.80 Å². The summed E-state index contributed by atoms with van der Waals surface area (Å²) < 4.78 is 29.2. The quantitative estimate of drug-likeness (QED) is 0.703. The molecule has 0 saturated carbocycles. The molecule has 1 amide bonds. The van der Waals surface area contributed by atoms with E-state index in [9.17, 15) is 13.2 Å². The van der Waals surface area contributed by atoms with Crippen molar-refractivity contribution in [2.24, 2.45) is 10.3 Å². The average Bonchev–Trinajstić information content (AvgIpc) is 2.77. The molecular formula is C24H29N3O3S. The van der Waals surface area contributed by atoms with E-state index in [1.54, 1.807) is 19.1 Å². The predicted octanol–water partition coefficient (Wildman–Crippen LogP) is 4.12. The number of nitrogens with zero attached hydrogens (tertiary/aromatic N) is 3. The molecule has 0 atom stereocenters. The molecule has 7 heteroatoms. The number of anilines is 1. The van der Waals surface area contributed by atoms with Gasteiger partial charge in [-0.15, -0.1) is 4.40 Å². The maximum atomic E-state index is 13.1. The SMILES string of the molecule is CCCN1C(C)=NS(=O)(=O)c2cc(C(=O)N3CCC(Cc4ccccc4)CC3)ccc21. The van der Waals surface area contributed by atoms with Gasteiger partial charge in [0.1, 0.15) is 10.7 Å². The van der Waals surface area contributed by atoms with Crippen LogP contribution in [0.15, 0.2) is 57.8 Å². The zero-order valence-electron chi connectivity index (χ0n) is 18.1. The van der Waals surface area contributed by atoms with Gasteiger partial charge in [0.25, 0.3) is 15.9 Å². The van der Waals surface area contributed by atoms with Crippen molar-refractivity contribution in [2.75, 3.05) is 24.5 Å². The van der Waals surface area contributed by atoms with E-state index in [0.717, 1.165) is 25.7 Å². The summed E-state index contributed by atoms with van der Waals surface area (Å²) >= 11 is 0. The fraction of sp³-hybridized carbons (Fsp3) is 0.417. The molecule has 0 aliphatic carbocycles. The third-order valence-corrected chi connectivity index (χ3v) is 7.52. The number of sulfonamides is 1. The van der Waals surface area contributed by atoms with Gasteiger partial charge in [-0.3, -0.25) is 4.79 Å². The summed E-state index contributed by atoms with van der Waals surface area (Å²) in [5, 5.41) is 0. The highest BCUT2D eigenvalue weighted by Gasteiger charge is 2.31. The van der Waals surface area contributed by atoms with E-state index in [2.05, 4.69) is 28.7 Å². The van der Waals surface area contributed by atoms with E-state index in [1.165, 1.54) is 11.6 Å². The lowest BCUT2D eigenvalue weighted by molar-refractivity contribution is 0.0690. The van der Waals surface area contributed by atoms with Crippen LogP contribution >= 0.6 is 0 Å². The second-order valence-corrected chi connectivity index (χ2v) is 9.95. The third-order valence-electron chi connectivity index (χ3n) is 6.13. The lowest BCUT2D eigenvalue weighted by atomic mass is 9.90. The molecule has 2 heterocycles. The number of amides is 1. The number of carbonyl (C=O) groups is 1. The molecule has 0 aromatic heterocycles. The summed E-state index contributed by atoms with van der Waals surface area (Å²) in [5.74, 6) is 0.925. The number of hydrogen-bond acceptors (Lipinski definition) is 4. The largest absolute Gasteiger partial charge is 0.339 e. The van der Waals surface area contributed by atoms with Gasteiger partial charge in [-0.05, 0) is 62.3 Å². The van der Waals surface area contributed by atoms with Gasteiger partial charge in [0, 0.05) is 25.2 Å². The van der Waals surface area contributed by atoms with E-state index < -0.39 is 10.0 Å². The highest BCUT2D eigenvalue weighted by atomic mass is 32.2. The number of fused-ring (bicyclic) bond motifs is 1. The van der Waals surface area contributed by atoms with Crippen LogP contribution in [0.1, 0.15) is 49.0 Å². The fourth-order valence-corrected chi connectivity index (χ4v) is 5.76. The molecule has 2 aliphatic heterocycles. The van der Waals surface area contributed by atoms with E-state index >= 15 is 0 Å². The first kappa shape index (κ1) is 21.6. The Morgan fingerprint density at radius 1 is 1.10 bits per heavy atom. The van der Waals surface area contributed by atoms with Crippen molar-refractivity contribution in [2.45, 2.75) is 44.4 Å². The Balaban J connectivity index is 1.48. The summed E-state index contributed by atoms with van der Waals surface area (Å²) in [4.78, 5) is 17.0. The van der Waals surface area contributed by atoms with Gasteiger partial charge in [0.2, 0.25) is 0 Å². The molecule has 0 bridgehead atoms. The third kappa shape index (κ3) is 4.51. The first-order valence-corrected chi connectivity index (χ1v) is 12.4. The topological polar surface area (TPSA) is 70.0 Å². The molecule has 1 fully saturated rings. The molecule has 164 valence electrons. The molecule has 0 unspecified atom stereocenters. The Labute approximate surface area is 184 Å². The number of piperidine rings is 1. The number of hydrogen-bond donors (Lipinski definition) is 0. The Morgan fingerprint density at radius 2 is 1.81 bits per heavy atom. The summed E-state index contributed by atoms with van der Waals surface area (Å²) in [6, 6.07) is 15.4. The normalized spacial score (nSPS) is 18.5. The van der Waals surface area contributed by atoms with Crippen molar-refractivity contribution in [3.05, 3.63) is 59.7 Å². The standard InChI is InChI=1S/C24H29N3O3S/c1-3-13-27-18(2)25-31(29,30)23-17-21(9-10-22(23)27)24(28)26-14-11-20(12-15-26)16-19-7-5-4-6-8-19/h4-10,17,20H,3,11-16H2,1-2H3. The fourth-order valence-electron chi connectivity index (χ4n) is 4.50. The molecule has 2 aromatic rings. The van der Waals surface area contributed by atoms with Crippen molar-refractivity contribution < 1.29 is 13.2 Å². The average molecular weight is 440 g/mol. The van der Waals surface area contributed by atoms with Gasteiger partial charge in [0.15, 0.2) is 0 Å². The lowest BCUT2D eigenvalue weighted by Crippen LogP contribution is -2.39. The van der Waals surface area contributed by atoms with Crippen LogP contribution in [0.2, 0.25) is 0 Å². The van der Waals surface area contributed by atoms with Crippen molar-refractivity contribution in [3.63, 3.8) is 0 Å². The summed E-state index contributed by atoms with van der Waals surface area (Å²) in [7, 11) is -3.80. The molecule has 1 saturated heterocycles. The lowest BCUT2D eigenvalue weighted by Gasteiger charge is -2.33. The molecule has 0 radical (unpaired) electrons. The Bertz CT molecular complexity index is 1090. The Hall–Kier alpha value is -2.67. The number of rotatable bonds is 5. The number of amidine groups is 1. The van der Waals surface area contributed by atoms with Gasteiger partial charge in [-0.25, -0.2) is 0 Å². The summed E-state index contributed by atoms with van der Waals surface area (Å²) in [6.07, 6.45) is 3.81. The van der Waals surface area contributed by atoms with Gasteiger partial charge in [-0.1, -0.05) is 37.3 Å². The molecule has 31 heavy (non-hydrogen) atoms. The monoisotopic (exact) mass is 439 g/mol. The molecule has 0 N–H and O–H groups in total. The maximum absolute atomic E-state index is 13.1. The van der Waals surface area contributed by atoms with Gasteiger partial charge in [-0.2, -0.15) is 8.42 Å². The molecular weight excluding hydrogens is 410 g/mol. The van der Waals surface area contributed by atoms with Crippen LogP contribution in [0.25, 0.3) is 0 Å². The number of carbonyl (C=O) groups excluding carboxylic acids is 1. The Morgan fingerprint density at radius 3 is 2.48 bits per heavy atom. The molecule has 6 nitrogen and oxygen atoms in total. The van der Waals surface area contributed by atoms with Gasteiger partial charge >= 0.3 is 0 Å². The molecule has 0 spiro atoms. The van der Waals surface area contributed by atoms with Crippen LogP contribution in [0.3, 0.4) is 0 Å². The molecule has 2 aromatic carbocycles. The number of likely N-dealkylation sites (tertiary alicyclic amines) is 1. The van der Waals surface area contributed by atoms with E-state index in [-0.39, 0.29) is 10.8 Å². The van der Waals surface area contributed by atoms with Crippen LogP contribution < -0.4 is 4.90 Å². The van der Waals surface area contributed by atoms with E-state index in [0.29, 0.717) is 42.6 Å². The van der Waals surface area contributed by atoms with Crippen LogP contribution in [0, 0.1) is 5.92 Å². The first-order valence-electron chi connectivity index (χ1n) is 11.0. The zero-order chi connectivity index (χ0) is 22.0. The van der Waals surface area contributed by atoms with Crippen LogP contribution in [-0.2, 0) is 16.4 Å². The van der Waals surface area contributed by atoms with Crippen molar-refractivity contribution in [1.29, 1.82) is 0 Å². The smallest absolute Gasteiger partial charge is 0.286 e. The minimum Gasteiger partial charge on any atom is -0.339 e. The minimum atomic E-state index is -3.80. The molecule has 4 rings (SSSR count). The predicted molar refractivity (Wildman–Crippen MR) is 123 cm³/mol. The second-order valence-electron chi connectivity index (χ2n) is 8.37. The number of benzene rings is 2. The first-order chi connectivity index (χ1) is 14.9. The van der Waals surface area contributed by atoms with Crippen LogP contribution in [-0.4, -0.2) is 44.7 Å². The van der Waals surface area contributed by atoms with Crippen molar-refractivity contribution in [3.8, 4) is 0 Å². The van der Waals surface area contributed by atoms with E-state index in [1.807, 2.05) is 22.8 Å². The highest BCUT2D eigenvalue weighted by Crippen LogP contribution is 2.33. The minimum absolute atomic E-state index is 0.107. The summed E-state index contributed by atoms with van der Waals surface area (Å²) in [6.45, 7) is 5.81. The van der Waals surface area contributed by atoms with E-state index in [4.69, 9.17) is 0 Å². The zero-order valence-corrected chi connectivity index (χ0v) is 18.9. The van der Waals surface area contributed by atoms with Crippen molar-refractivity contribution >= 4 is 27.5 Å². The van der Waals surface area contributed by atoms with Crippen LogP contribution in [0.5, 0.6) is 0 Å². The van der Waals surface area contributed by atoms with Crippen molar-refractivity contribution in [1.82, 2.24) is 4.90 Å². The van der Waals surface area contributed by atoms with Gasteiger partial charge in [0.05, 0.1) is 5.69 Å². The summed E-state index contributed by atoms with van der Waals surface area (Å²) in [5.41, 5.74) is 2.35. The second kappa shape index (κ2) is 8.83. The maximum Gasteiger partial charge on any atom is 0.286 e. The highest BCUT2D eigenvalue weighted by molar-refractivity contribution is 7.90. The molecule has 2 aliphatic rings. The van der Waals surface area contributed by atoms with Crippen LogP contribution in [0.4, 0.5) is 5.69 Å². The Kier molecular flexibility index (Phi) is 6.14.